The number of carbonyl (C=O) groups excluding carboxylic acids is 1. The Morgan fingerprint density at radius 2 is 0.878 bits per heavy atom. The third-order valence-electron chi connectivity index (χ3n) is 14.2. The molecule has 0 aromatic rings. The van der Waals surface area contributed by atoms with Gasteiger partial charge in [-0.1, -0.05) is 166 Å². The average molecular weight is 1060 g/mol. The van der Waals surface area contributed by atoms with Crippen molar-refractivity contribution in [3.05, 3.63) is 36.5 Å². The van der Waals surface area contributed by atoms with Crippen molar-refractivity contribution in [3.63, 3.8) is 0 Å². The number of aliphatic hydroxyl groups excluding tert-OH is 11. The number of hydrogen-bond donors (Lipinski definition) is 12. The van der Waals surface area contributed by atoms with Gasteiger partial charge < -0.3 is 89.9 Å². The number of hydrogen-bond acceptors (Lipinski definition) is 18. The summed E-state index contributed by atoms with van der Waals surface area (Å²) in [7, 11) is 0. The van der Waals surface area contributed by atoms with Gasteiger partial charge in [0, 0.05) is 6.42 Å². The maximum atomic E-state index is 13.3. The van der Waals surface area contributed by atoms with Crippen LogP contribution in [0, 0.1) is 0 Å². The molecule has 0 saturated carbocycles. The first-order chi connectivity index (χ1) is 35.8. The SMILES string of the molecule is CC/C=C/CC/C=C/CC/C=C/C(O)C(COC1OC(CO)C(OC2OC(CO)C(OC3OC(CO)C(O)C(O)C3O)C(O)C2O)C(O)C1O)NC(=O)CCCCCCCCCCCCCCCCCCCCC. The lowest BCUT2D eigenvalue weighted by atomic mass is 9.96. The molecule has 0 radical (unpaired) electrons. The van der Waals surface area contributed by atoms with Crippen LogP contribution in [0.25, 0.3) is 0 Å². The van der Waals surface area contributed by atoms with Crippen molar-refractivity contribution in [1.82, 2.24) is 5.32 Å². The lowest BCUT2D eigenvalue weighted by Gasteiger charge is -2.48. The Hall–Kier alpha value is -1.99. The molecule has 0 aromatic carbocycles. The third-order valence-corrected chi connectivity index (χ3v) is 14.2. The van der Waals surface area contributed by atoms with Gasteiger partial charge in [-0.05, 0) is 38.5 Å². The zero-order chi connectivity index (χ0) is 54.1. The highest BCUT2D eigenvalue weighted by Crippen LogP contribution is 2.33. The number of allylic oxidation sites excluding steroid dienone is 5. The van der Waals surface area contributed by atoms with E-state index in [1.54, 1.807) is 6.08 Å². The van der Waals surface area contributed by atoms with Gasteiger partial charge in [0.05, 0.1) is 38.6 Å². The Labute approximate surface area is 440 Å². The van der Waals surface area contributed by atoms with Crippen LogP contribution in [0.4, 0.5) is 0 Å². The fourth-order valence-electron chi connectivity index (χ4n) is 9.52. The van der Waals surface area contributed by atoms with Gasteiger partial charge >= 0.3 is 0 Å². The van der Waals surface area contributed by atoms with Crippen LogP contribution >= 0.6 is 0 Å². The monoisotopic (exact) mass is 1060 g/mol. The normalized spacial score (nSPS) is 31.7. The fraction of sp³-hybridized carbons (Fsp3) is 0.873. The summed E-state index contributed by atoms with van der Waals surface area (Å²) in [6.45, 7) is 1.55. The number of ether oxygens (including phenoxy) is 6. The van der Waals surface area contributed by atoms with Crippen molar-refractivity contribution in [1.29, 1.82) is 0 Å². The molecule has 12 N–H and O–H groups in total. The first-order valence-corrected chi connectivity index (χ1v) is 28.2. The minimum Gasteiger partial charge on any atom is -0.394 e. The highest BCUT2D eigenvalue weighted by molar-refractivity contribution is 5.76. The van der Waals surface area contributed by atoms with Crippen LogP contribution in [-0.2, 0) is 33.2 Å². The molecule has 3 fully saturated rings. The van der Waals surface area contributed by atoms with Crippen molar-refractivity contribution < 1.29 is 89.4 Å². The van der Waals surface area contributed by atoms with E-state index >= 15 is 0 Å². The molecule has 432 valence electrons. The smallest absolute Gasteiger partial charge is 0.220 e. The van der Waals surface area contributed by atoms with E-state index in [0.29, 0.717) is 12.8 Å². The molecule has 3 aliphatic heterocycles. The van der Waals surface area contributed by atoms with Crippen molar-refractivity contribution in [3.8, 4) is 0 Å². The first kappa shape index (κ1) is 66.3. The maximum absolute atomic E-state index is 13.3. The molecule has 17 atom stereocenters. The summed E-state index contributed by atoms with van der Waals surface area (Å²) in [5.74, 6) is -0.292. The average Bonchev–Trinajstić information content (AvgIpc) is 3.40. The van der Waals surface area contributed by atoms with Crippen molar-refractivity contribution in [2.45, 2.75) is 279 Å². The van der Waals surface area contributed by atoms with Gasteiger partial charge in [0.1, 0.15) is 73.2 Å². The van der Waals surface area contributed by atoms with Gasteiger partial charge in [0.2, 0.25) is 5.91 Å². The quantitative estimate of drug-likeness (QED) is 0.0307. The summed E-state index contributed by atoms with van der Waals surface area (Å²) in [4.78, 5) is 13.3. The third kappa shape index (κ3) is 23.9. The highest BCUT2D eigenvalue weighted by Gasteiger charge is 2.53. The lowest BCUT2D eigenvalue weighted by molar-refractivity contribution is -0.379. The largest absolute Gasteiger partial charge is 0.394 e. The zero-order valence-corrected chi connectivity index (χ0v) is 44.6. The molecule has 3 saturated heterocycles. The zero-order valence-electron chi connectivity index (χ0n) is 44.6. The molecule has 74 heavy (non-hydrogen) atoms. The van der Waals surface area contributed by atoms with Gasteiger partial charge in [-0.25, -0.2) is 0 Å². The Balaban J connectivity index is 1.50. The molecular formula is C55H99NO18. The summed E-state index contributed by atoms with van der Waals surface area (Å²) in [6, 6.07) is -0.990. The molecule has 3 aliphatic rings. The van der Waals surface area contributed by atoms with Crippen molar-refractivity contribution in [2.24, 2.45) is 0 Å². The number of unbranched alkanes of at least 4 members (excludes halogenated alkanes) is 20. The predicted molar refractivity (Wildman–Crippen MR) is 277 cm³/mol. The number of amides is 1. The van der Waals surface area contributed by atoms with Crippen LogP contribution in [0.2, 0.25) is 0 Å². The molecule has 17 unspecified atom stereocenters. The molecule has 3 heterocycles. The van der Waals surface area contributed by atoms with E-state index in [-0.39, 0.29) is 18.9 Å². The minimum atomic E-state index is -1.98. The molecule has 0 aromatic heterocycles. The predicted octanol–water partition coefficient (Wildman–Crippen LogP) is 3.76. The molecule has 0 aliphatic carbocycles. The number of rotatable bonds is 40. The van der Waals surface area contributed by atoms with Crippen LogP contribution in [0.3, 0.4) is 0 Å². The highest BCUT2D eigenvalue weighted by atomic mass is 16.8. The van der Waals surface area contributed by atoms with Gasteiger partial charge in [-0.3, -0.25) is 4.79 Å². The van der Waals surface area contributed by atoms with Crippen molar-refractivity contribution in [2.75, 3.05) is 26.4 Å². The molecule has 0 bridgehead atoms. The summed E-state index contributed by atoms with van der Waals surface area (Å²) < 4.78 is 34.1. The molecule has 3 rings (SSSR count). The molecule has 0 spiro atoms. The minimum absolute atomic E-state index is 0.235. The fourth-order valence-corrected chi connectivity index (χ4v) is 9.52. The second-order valence-corrected chi connectivity index (χ2v) is 20.4. The number of carbonyl (C=O) groups is 1. The van der Waals surface area contributed by atoms with E-state index in [4.69, 9.17) is 28.4 Å². The van der Waals surface area contributed by atoms with Crippen LogP contribution in [0.1, 0.15) is 174 Å². The first-order valence-electron chi connectivity index (χ1n) is 28.2. The molecular weight excluding hydrogens is 963 g/mol. The van der Waals surface area contributed by atoms with Crippen LogP contribution in [0.15, 0.2) is 36.5 Å². The Kier molecular flexibility index (Phi) is 35.3. The maximum Gasteiger partial charge on any atom is 0.220 e. The van der Waals surface area contributed by atoms with Gasteiger partial charge in [0.25, 0.3) is 0 Å². The van der Waals surface area contributed by atoms with E-state index in [9.17, 15) is 61.0 Å². The van der Waals surface area contributed by atoms with Gasteiger partial charge in [0.15, 0.2) is 18.9 Å². The van der Waals surface area contributed by atoms with Gasteiger partial charge in [-0.15, -0.1) is 0 Å². The van der Waals surface area contributed by atoms with Crippen LogP contribution < -0.4 is 5.32 Å². The van der Waals surface area contributed by atoms with E-state index in [2.05, 4.69) is 43.5 Å². The summed E-state index contributed by atoms with van der Waals surface area (Å²) in [5, 5.41) is 120. The van der Waals surface area contributed by atoms with Crippen molar-refractivity contribution >= 4 is 5.91 Å². The van der Waals surface area contributed by atoms with Gasteiger partial charge in [-0.2, -0.15) is 0 Å². The van der Waals surface area contributed by atoms with E-state index in [0.717, 1.165) is 44.9 Å². The Bertz CT molecular complexity index is 1500. The Morgan fingerprint density at radius 3 is 1.34 bits per heavy atom. The molecule has 19 heteroatoms. The number of nitrogens with one attached hydrogen (secondary N) is 1. The second-order valence-electron chi connectivity index (χ2n) is 20.4. The van der Waals surface area contributed by atoms with E-state index in [1.165, 1.54) is 96.3 Å². The summed E-state index contributed by atoms with van der Waals surface area (Å²) >= 11 is 0. The Morgan fingerprint density at radius 1 is 0.486 bits per heavy atom. The second kappa shape index (κ2) is 39.4. The lowest BCUT2D eigenvalue weighted by Crippen LogP contribution is -2.66. The van der Waals surface area contributed by atoms with E-state index in [1.807, 2.05) is 6.08 Å². The summed E-state index contributed by atoms with van der Waals surface area (Å²) in [6.07, 6.45) is 13.0. The van der Waals surface area contributed by atoms with E-state index < -0.39 is 124 Å². The molecule has 19 nitrogen and oxygen atoms in total. The van der Waals surface area contributed by atoms with Crippen LogP contribution in [-0.4, -0.2) is 193 Å². The standard InChI is InChI=1S/C55H99NO18/c1-3-5-7-9-11-13-15-16-17-18-19-20-21-22-23-25-27-29-31-33-43(61)56-38(39(60)32-30-28-26-24-14-12-10-8-6-4-2)37-69-53-49(67)46(64)51(41(35-58)71-53)74-55-50(68)47(65)52(42(36-59)72-55)73-54-48(66)45(63)44(62)40(34-57)70-54/h6,8,14,24,30,32,38-42,44-55,57-60,62-68H,3-5,7,9-13,15-23,25-29,31,33-37H2,1-2H3,(H,56,61)/b8-6+,24-14+,32-30+. The van der Waals surface area contributed by atoms with Crippen LogP contribution in [0.5, 0.6) is 0 Å². The molecule has 1 amide bonds. The topological polar surface area (TPSA) is 307 Å². The number of aliphatic hydroxyl groups is 11. The summed E-state index contributed by atoms with van der Waals surface area (Å²) in [5.41, 5.74) is 0.